The van der Waals surface area contributed by atoms with Crippen LogP contribution in [0.1, 0.15) is 13.8 Å². The molecule has 1 fully saturated rings. The lowest BCUT2D eigenvalue weighted by Gasteiger charge is -2.18. The highest BCUT2D eigenvalue weighted by molar-refractivity contribution is 8.13. The van der Waals surface area contributed by atoms with Gasteiger partial charge in [-0.2, -0.15) is 0 Å². The van der Waals surface area contributed by atoms with E-state index in [1.54, 1.807) is 17.9 Å². The van der Waals surface area contributed by atoms with Gasteiger partial charge in [-0.1, -0.05) is 18.7 Å². The second kappa shape index (κ2) is 7.41. The van der Waals surface area contributed by atoms with Crippen LogP contribution in [-0.4, -0.2) is 48.3 Å². The lowest BCUT2D eigenvalue weighted by Crippen LogP contribution is -2.62. The molecule has 0 radical (unpaired) electrons. The summed E-state index contributed by atoms with van der Waals surface area (Å²) in [6, 6.07) is 0. The first kappa shape index (κ1) is 15.8. The number of thioether (sulfide) groups is 1. The molecule has 0 bridgehead atoms. The molecule has 1 aliphatic heterocycles. The molecule has 1 aliphatic rings. The highest BCUT2D eigenvalue weighted by Crippen LogP contribution is 2.11. The minimum atomic E-state index is -0.291. The minimum absolute atomic E-state index is 0.000487. The molecular formula is C12H19N4O4S+. The van der Waals surface area contributed by atoms with E-state index < -0.39 is 0 Å². The Balaban J connectivity index is 1.86. The van der Waals surface area contributed by atoms with Crippen molar-refractivity contribution in [2.24, 2.45) is 5.92 Å². The Morgan fingerprint density at radius 3 is 2.90 bits per heavy atom. The first-order valence-electron chi connectivity index (χ1n) is 6.72. The van der Waals surface area contributed by atoms with Gasteiger partial charge >= 0.3 is 5.88 Å². The number of morpholine rings is 1. The summed E-state index contributed by atoms with van der Waals surface area (Å²) in [5.41, 5.74) is 0. The fourth-order valence-electron chi connectivity index (χ4n) is 1.75. The topological polar surface area (TPSA) is 88.6 Å². The normalized spacial score (nSPS) is 16.6. The highest BCUT2D eigenvalue weighted by atomic mass is 32.2. The number of rotatable bonds is 5. The Hall–Kier alpha value is -1.61. The molecule has 8 nitrogen and oxygen atoms in total. The Labute approximate surface area is 126 Å². The third-order valence-electron chi connectivity index (χ3n) is 2.96. The Morgan fingerprint density at radius 1 is 1.52 bits per heavy atom. The van der Waals surface area contributed by atoms with E-state index in [-0.39, 0.29) is 22.8 Å². The first-order valence-corrected chi connectivity index (χ1v) is 7.70. The van der Waals surface area contributed by atoms with Crippen molar-refractivity contribution in [2.45, 2.75) is 13.8 Å². The van der Waals surface area contributed by atoms with Crippen LogP contribution >= 0.6 is 11.8 Å². The first-order chi connectivity index (χ1) is 10.1. The van der Waals surface area contributed by atoms with Crippen molar-refractivity contribution >= 4 is 28.7 Å². The van der Waals surface area contributed by atoms with Crippen LogP contribution in [0.2, 0.25) is 0 Å². The highest BCUT2D eigenvalue weighted by Gasteiger charge is 2.24. The minimum Gasteiger partial charge on any atom is -0.377 e. The van der Waals surface area contributed by atoms with Gasteiger partial charge in [-0.25, -0.2) is 0 Å². The van der Waals surface area contributed by atoms with Crippen LogP contribution in [0.15, 0.2) is 10.7 Å². The van der Waals surface area contributed by atoms with E-state index in [1.807, 2.05) is 5.01 Å². The van der Waals surface area contributed by atoms with Crippen molar-refractivity contribution in [1.29, 1.82) is 0 Å². The zero-order chi connectivity index (χ0) is 15.2. The summed E-state index contributed by atoms with van der Waals surface area (Å²) in [5.74, 6) is 0.236. The number of hydrogen-bond donors (Lipinski definition) is 1. The van der Waals surface area contributed by atoms with Crippen molar-refractivity contribution in [3.63, 3.8) is 0 Å². The number of carbonyl (C=O) groups excluding carboxylic acids is 2. The molecule has 0 spiro atoms. The molecule has 1 aromatic heterocycles. The smallest absolute Gasteiger partial charge is 0.305 e. The molecule has 21 heavy (non-hydrogen) atoms. The molecule has 1 saturated heterocycles. The quantitative estimate of drug-likeness (QED) is 0.752. The Kier molecular flexibility index (Phi) is 5.57. The number of hydrogen-bond acceptors (Lipinski definition) is 7. The number of carbonyl (C=O) groups is 2. The van der Waals surface area contributed by atoms with E-state index in [9.17, 15) is 9.59 Å². The van der Waals surface area contributed by atoms with E-state index in [4.69, 9.17) is 9.26 Å². The van der Waals surface area contributed by atoms with Crippen LogP contribution in [-0.2, 0) is 14.3 Å². The van der Waals surface area contributed by atoms with Gasteiger partial charge in [0.2, 0.25) is 11.2 Å². The van der Waals surface area contributed by atoms with Crippen molar-refractivity contribution in [3.05, 3.63) is 6.20 Å². The number of aromatic nitrogens is 2. The molecule has 1 amide bonds. The number of ether oxygens (including phenoxy) is 1. The second-order valence-corrected chi connectivity index (χ2v) is 5.94. The van der Waals surface area contributed by atoms with Gasteiger partial charge in [0.25, 0.3) is 6.20 Å². The summed E-state index contributed by atoms with van der Waals surface area (Å²) in [7, 11) is 0. The van der Waals surface area contributed by atoms with Gasteiger partial charge in [0.1, 0.15) is 0 Å². The van der Waals surface area contributed by atoms with Crippen molar-refractivity contribution < 1.29 is 23.6 Å². The molecule has 2 heterocycles. The lowest BCUT2D eigenvalue weighted by atomic mass is 10.2. The van der Waals surface area contributed by atoms with Crippen LogP contribution in [0.25, 0.3) is 0 Å². The van der Waals surface area contributed by atoms with Gasteiger partial charge < -0.3 is 4.74 Å². The Morgan fingerprint density at radius 2 is 2.24 bits per heavy atom. The molecule has 9 heteroatoms. The van der Waals surface area contributed by atoms with Gasteiger partial charge in [0.15, 0.2) is 5.12 Å². The SMILES string of the molecule is CC(=O)SC[C@@H](C)C(=O)Nc1c[n+](N2CCOCC2)no1. The largest absolute Gasteiger partial charge is 0.377 e. The maximum atomic E-state index is 11.9. The monoisotopic (exact) mass is 315 g/mol. The maximum absolute atomic E-state index is 11.9. The predicted octanol–water partition coefficient (Wildman–Crippen LogP) is -0.215. The van der Waals surface area contributed by atoms with E-state index in [2.05, 4.69) is 10.6 Å². The van der Waals surface area contributed by atoms with E-state index in [0.717, 1.165) is 24.9 Å². The molecule has 0 aliphatic carbocycles. The maximum Gasteiger partial charge on any atom is 0.305 e. The molecule has 1 N–H and O–H groups in total. The van der Waals surface area contributed by atoms with E-state index >= 15 is 0 Å². The average molecular weight is 315 g/mol. The predicted molar refractivity (Wildman–Crippen MR) is 76.4 cm³/mol. The molecule has 0 unspecified atom stereocenters. The molecule has 2 rings (SSSR count). The van der Waals surface area contributed by atoms with Crippen molar-refractivity contribution in [1.82, 2.24) is 5.27 Å². The summed E-state index contributed by atoms with van der Waals surface area (Å²) in [5, 5.41) is 8.47. The summed E-state index contributed by atoms with van der Waals surface area (Å²) in [6.07, 6.45) is 1.62. The summed E-state index contributed by atoms with van der Waals surface area (Å²) >= 11 is 1.13. The molecule has 0 aromatic carbocycles. The molecule has 1 atom stereocenters. The molecule has 116 valence electrons. The summed E-state index contributed by atoms with van der Waals surface area (Å²) < 4.78 is 10.3. The van der Waals surface area contributed by atoms with Gasteiger partial charge in [0.05, 0.1) is 31.1 Å². The zero-order valence-corrected chi connectivity index (χ0v) is 12.9. The lowest BCUT2D eigenvalue weighted by molar-refractivity contribution is -0.759. The van der Waals surface area contributed by atoms with Crippen LogP contribution in [0.4, 0.5) is 5.88 Å². The summed E-state index contributed by atoms with van der Waals surface area (Å²) in [4.78, 5) is 24.4. The van der Waals surface area contributed by atoms with Crippen LogP contribution < -0.4 is 15.1 Å². The van der Waals surface area contributed by atoms with Gasteiger partial charge in [-0.3, -0.25) is 19.4 Å². The van der Waals surface area contributed by atoms with Crippen LogP contribution in [0.3, 0.4) is 0 Å². The Bertz CT molecular complexity index is 501. The van der Waals surface area contributed by atoms with Gasteiger partial charge in [0, 0.05) is 18.6 Å². The zero-order valence-electron chi connectivity index (χ0n) is 12.1. The van der Waals surface area contributed by atoms with Crippen molar-refractivity contribution in [3.8, 4) is 0 Å². The van der Waals surface area contributed by atoms with Crippen LogP contribution in [0.5, 0.6) is 0 Å². The fourth-order valence-corrected chi connectivity index (χ4v) is 2.38. The van der Waals surface area contributed by atoms with Crippen molar-refractivity contribution in [2.75, 3.05) is 42.4 Å². The third kappa shape index (κ3) is 4.71. The van der Waals surface area contributed by atoms with E-state index in [0.29, 0.717) is 19.0 Å². The molecular weight excluding hydrogens is 296 g/mol. The van der Waals surface area contributed by atoms with Gasteiger partial charge in [-0.15, -0.1) is 5.01 Å². The number of nitrogens with one attached hydrogen (secondary N) is 1. The molecule has 0 saturated carbocycles. The summed E-state index contributed by atoms with van der Waals surface area (Å²) in [6.45, 7) is 5.96. The average Bonchev–Trinajstić information content (AvgIpc) is 2.94. The van der Waals surface area contributed by atoms with Crippen LogP contribution in [0, 0.1) is 5.92 Å². The third-order valence-corrected chi connectivity index (χ3v) is 4.04. The number of amides is 1. The number of anilines is 1. The number of nitrogens with zero attached hydrogens (tertiary/aromatic N) is 3. The second-order valence-electron chi connectivity index (χ2n) is 4.75. The fraction of sp³-hybridized carbons (Fsp3) is 0.667. The van der Waals surface area contributed by atoms with Gasteiger partial charge in [-0.05, 0) is 0 Å². The standard InChI is InChI=1S/C12H18N4O4S/c1-9(8-21-10(2)17)12(18)13-11-7-16(14-20-11)15-3-5-19-6-4-15/h7,9H,3-6,8H2,1-2H3/p+1/t9-/m1/s1. The molecule has 1 aromatic rings. The van der Waals surface area contributed by atoms with E-state index in [1.165, 1.54) is 6.92 Å².